The molecule has 1 saturated heterocycles. The summed E-state index contributed by atoms with van der Waals surface area (Å²) in [6, 6.07) is 23.0. The van der Waals surface area contributed by atoms with Gasteiger partial charge in [-0.1, -0.05) is 70.4 Å². The highest BCUT2D eigenvalue weighted by atomic mass is 32.2. The van der Waals surface area contributed by atoms with Gasteiger partial charge in [0.1, 0.15) is 0 Å². The van der Waals surface area contributed by atoms with Crippen LogP contribution in [-0.2, 0) is 21.2 Å². The van der Waals surface area contributed by atoms with Gasteiger partial charge < -0.3 is 15.1 Å². The molecule has 5 fully saturated rings. The van der Waals surface area contributed by atoms with Crippen molar-refractivity contribution in [3.63, 3.8) is 0 Å². The molecule has 0 radical (unpaired) electrons. The maximum Gasteiger partial charge on any atom is 0.264 e. The molecule has 0 unspecified atom stereocenters. The van der Waals surface area contributed by atoms with Crippen LogP contribution in [0.25, 0.3) is 0 Å². The van der Waals surface area contributed by atoms with Crippen molar-refractivity contribution in [2.24, 2.45) is 29.1 Å². The topological polar surface area (TPSA) is 98.8 Å². The molecule has 2 amide bonds. The van der Waals surface area contributed by atoms with Crippen LogP contribution < -0.4 is 14.9 Å². The lowest BCUT2D eigenvalue weighted by Gasteiger charge is -2.64. The summed E-state index contributed by atoms with van der Waals surface area (Å²) in [5, 5.41) is 3.50. The van der Waals surface area contributed by atoms with E-state index in [-0.39, 0.29) is 16.8 Å². The van der Waals surface area contributed by atoms with Crippen LogP contribution in [0.1, 0.15) is 106 Å². The number of hydrogen-bond donors (Lipinski definition) is 2. The molecule has 290 valence electrons. The Balaban J connectivity index is 0.955. The fourth-order valence-corrected chi connectivity index (χ4v) is 11.3. The molecular weight excluding hydrogens is 693 g/mol. The normalized spacial score (nSPS) is 24.3. The number of nitrogens with zero attached hydrogens (tertiary/aromatic N) is 2. The van der Waals surface area contributed by atoms with Crippen molar-refractivity contribution in [1.82, 2.24) is 9.62 Å². The fourth-order valence-electron chi connectivity index (χ4n) is 10.3. The van der Waals surface area contributed by atoms with E-state index in [4.69, 9.17) is 0 Å². The van der Waals surface area contributed by atoms with Crippen molar-refractivity contribution in [1.29, 1.82) is 0 Å². The zero-order valence-electron chi connectivity index (χ0n) is 32.7. The van der Waals surface area contributed by atoms with Crippen LogP contribution in [-0.4, -0.2) is 56.9 Å². The van der Waals surface area contributed by atoms with Crippen molar-refractivity contribution in [2.75, 3.05) is 29.9 Å². The number of benzene rings is 3. The average Bonchev–Trinajstić information content (AvgIpc) is 3.18. The molecule has 0 spiro atoms. The van der Waals surface area contributed by atoms with E-state index in [2.05, 4.69) is 52.7 Å². The van der Waals surface area contributed by atoms with Gasteiger partial charge in [0.25, 0.3) is 15.9 Å². The van der Waals surface area contributed by atoms with Crippen LogP contribution in [0.15, 0.2) is 77.7 Å². The lowest BCUT2D eigenvalue weighted by Crippen LogP contribution is -2.64. The molecule has 4 aliphatic carbocycles. The van der Waals surface area contributed by atoms with Crippen LogP contribution in [0.4, 0.5) is 11.4 Å². The van der Waals surface area contributed by atoms with Crippen molar-refractivity contribution >= 4 is 33.2 Å². The van der Waals surface area contributed by atoms with Gasteiger partial charge >= 0.3 is 0 Å². The smallest absolute Gasteiger partial charge is 0.264 e. The van der Waals surface area contributed by atoms with Gasteiger partial charge in [0.15, 0.2) is 0 Å². The number of piperidine rings is 1. The van der Waals surface area contributed by atoms with Gasteiger partial charge in [-0.05, 0) is 135 Å². The van der Waals surface area contributed by atoms with Crippen LogP contribution in [0, 0.1) is 36.0 Å². The number of amides is 2. The van der Waals surface area contributed by atoms with E-state index in [1.807, 2.05) is 37.3 Å². The standard InChI is InChI=1S/C45H60N4O4S/c1-31-27-39(20-21-41(31)46-30-34-13-9-6-10-14-34)54(52,53)47-44(51)35-16-18-37(19-17-35)48-25-23-38(24-26-48)49(43(50)22-15-33-11-7-5-8-12-33)42-29-36-28-40(32(42)2)45(36,3)4/h5,7-8,11-12,16-21,27,32,34,36,38,40,42,46H,6,9-10,13-15,22-26,28-30H2,1-4H3,(H,47,51)/t32-,36+,40-,42-/m0/s1. The predicted octanol–water partition coefficient (Wildman–Crippen LogP) is 8.61. The van der Waals surface area contributed by atoms with Crippen LogP contribution in [0.2, 0.25) is 0 Å². The number of rotatable bonds is 12. The molecule has 1 aliphatic heterocycles. The average molecular weight is 753 g/mol. The number of carbonyl (C=O) groups excluding carboxylic acids is 2. The Morgan fingerprint density at radius 3 is 2.24 bits per heavy atom. The Bertz CT molecular complexity index is 1880. The quantitative estimate of drug-likeness (QED) is 0.192. The minimum Gasteiger partial charge on any atom is -0.385 e. The maximum atomic E-state index is 14.1. The van der Waals surface area contributed by atoms with E-state index in [0.717, 1.165) is 62.3 Å². The largest absolute Gasteiger partial charge is 0.385 e. The molecule has 4 atom stereocenters. The lowest BCUT2D eigenvalue weighted by molar-refractivity contribution is -0.164. The van der Waals surface area contributed by atoms with Crippen LogP contribution >= 0.6 is 0 Å². The second kappa shape index (κ2) is 16.1. The SMILES string of the molecule is Cc1cc(S(=O)(=O)NC(=O)c2ccc(N3CCC(N(C(=O)CCc4ccccc4)[C@H]4C[C@H]5C[C@@H]([C@@H]4C)C5(C)C)CC3)cc2)ccc1NCC1CCCCC1. The first kappa shape index (κ1) is 38.4. The molecule has 4 saturated carbocycles. The summed E-state index contributed by atoms with van der Waals surface area (Å²) in [6.45, 7) is 11.6. The summed E-state index contributed by atoms with van der Waals surface area (Å²) in [5.41, 5.74) is 4.62. The number of carbonyl (C=O) groups is 2. The predicted molar refractivity (Wildman–Crippen MR) is 217 cm³/mol. The molecule has 8 rings (SSSR count). The summed E-state index contributed by atoms with van der Waals surface area (Å²) in [5.74, 6) is 2.13. The molecule has 0 aromatic heterocycles. The second-order valence-corrected chi connectivity index (χ2v) is 19.1. The first-order valence-electron chi connectivity index (χ1n) is 20.5. The minimum absolute atomic E-state index is 0.0759. The zero-order valence-corrected chi connectivity index (χ0v) is 33.5. The monoisotopic (exact) mass is 752 g/mol. The number of aryl methyl sites for hydroxylation is 2. The van der Waals surface area contributed by atoms with E-state index in [0.29, 0.717) is 47.1 Å². The molecule has 1 heterocycles. The third kappa shape index (κ3) is 8.22. The highest BCUT2D eigenvalue weighted by molar-refractivity contribution is 7.90. The zero-order chi connectivity index (χ0) is 38.0. The molecule has 2 bridgehead atoms. The number of fused-ring (bicyclic) bond motifs is 2. The summed E-state index contributed by atoms with van der Waals surface area (Å²) < 4.78 is 28.8. The van der Waals surface area contributed by atoms with E-state index >= 15 is 0 Å². The van der Waals surface area contributed by atoms with Crippen molar-refractivity contribution in [3.8, 4) is 0 Å². The van der Waals surface area contributed by atoms with E-state index < -0.39 is 15.9 Å². The van der Waals surface area contributed by atoms with E-state index in [1.54, 1.807) is 30.3 Å². The van der Waals surface area contributed by atoms with E-state index in [1.165, 1.54) is 44.1 Å². The van der Waals surface area contributed by atoms with Gasteiger partial charge in [0, 0.05) is 55.1 Å². The van der Waals surface area contributed by atoms with Gasteiger partial charge in [-0.3, -0.25) is 9.59 Å². The highest BCUT2D eigenvalue weighted by Crippen LogP contribution is 2.62. The molecule has 3 aromatic rings. The lowest BCUT2D eigenvalue weighted by atomic mass is 9.44. The second-order valence-electron chi connectivity index (χ2n) is 17.4. The number of sulfonamides is 1. The van der Waals surface area contributed by atoms with Crippen LogP contribution in [0.3, 0.4) is 0 Å². The Morgan fingerprint density at radius 2 is 1.59 bits per heavy atom. The number of anilines is 2. The molecule has 3 aromatic carbocycles. The van der Waals surface area contributed by atoms with E-state index in [9.17, 15) is 18.0 Å². The third-order valence-corrected chi connectivity index (χ3v) is 15.2. The summed E-state index contributed by atoms with van der Waals surface area (Å²) in [7, 11) is -4.05. The van der Waals surface area contributed by atoms with Gasteiger partial charge in [-0.25, -0.2) is 13.1 Å². The van der Waals surface area contributed by atoms with Gasteiger partial charge in [0.05, 0.1) is 4.90 Å². The number of hydrogen-bond acceptors (Lipinski definition) is 6. The summed E-state index contributed by atoms with van der Waals surface area (Å²) in [4.78, 5) is 32.0. The van der Waals surface area contributed by atoms with Crippen molar-refractivity contribution < 1.29 is 18.0 Å². The Kier molecular flexibility index (Phi) is 11.5. The van der Waals surface area contributed by atoms with Gasteiger partial charge in [0.2, 0.25) is 5.91 Å². The molecule has 9 heteroatoms. The Hall–Kier alpha value is -3.85. The summed E-state index contributed by atoms with van der Waals surface area (Å²) in [6.07, 6.45) is 11.8. The Labute approximate surface area is 323 Å². The fraction of sp³-hybridized carbons (Fsp3) is 0.556. The first-order valence-corrected chi connectivity index (χ1v) is 22.0. The maximum absolute atomic E-state index is 14.1. The minimum atomic E-state index is -4.05. The third-order valence-electron chi connectivity index (χ3n) is 13.8. The number of nitrogens with one attached hydrogen (secondary N) is 2. The molecule has 54 heavy (non-hydrogen) atoms. The molecular formula is C45H60N4O4S. The first-order chi connectivity index (χ1) is 25.9. The molecule has 8 nitrogen and oxygen atoms in total. The highest BCUT2D eigenvalue weighted by Gasteiger charge is 2.58. The van der Waals surface area contributed by atoms with Gasteiger partial charge in [-0.2, -0.15) is 0 Å². The molecule has 5 aliphatic rings. The summed E-state index contributed by atoms with van der Waals surface area (Å²) >= 11 is 0. The Morgan fingerprint density at radius 1 is 0.889 bits per heavy atom. The van der Waals surface area contributed by atoms with Gasteiger partial charge in [-0.15, -0.1) is 0 Å². The van der Waals surface area contributed by atoms with Crippen molar-refractivity contribution in [3.05, 3.63) is 89.5 Å². The van der Waals surface area contributed by atoms with Crippen molar-refractivity contribution in [2.45, 2.75) is 115 Å². The van der Waals surface area contributed by atoms with Crippen LogP contribution in [0.5, 0.6) is 0 Å². The molecule has 2 N–H and O–H groups in total.